The largest absolute Gasteiger partial charge is 0.381 e. The molecule has 1 nitrogen and oxygen atoms in total. The Morgan fingerprint density at radius 1 is 1.05 bits per heavy atom. The van der Waals surface area contributed by atoms with Crippen LogP contribution in [0.1, 0.15) is 51.9 Å². The van der Waals surface area contributed by atoms with Crippen LogP contribution in [0.25, 0.3) is 0 Å². The van der Waals surface area contributed by atoms with E-state index in [1.165, 1.54) is 55.5 Å². The molecule has 0 saturated heterocycles. The molecule has 0 bridgehead atoms. The van der Waals surface area contributed by atoms with E-state index in [4.69, 9.17) is 0 Å². The van der Waals surface area contributed by atoms with Crippen LogP contribution in [0, 0.1) is 5.92 Å². The SMILES string of the molecule is CC1CCC(Nc2ccccc2SC2CCCC2)C1. The van der Waals surface area contributed by atoms with Crippen LogP contribution in [0.15, 0.2) is 29.2 Å². The van der Waals surface area contributed by atoms with Gasteiger partial charge in [0.05, 0.1) is 0 Å². The molecular weight excluding hydrogens is 250 g/mol. The van der Waals surface area contributed by atoms with E-state index in [0.29, 0.717) is 6.04 Å². The number of benzene rings is 1. The maximum absolute atomic E-state index is 3.79. The Bertz CT molecular complexity index is 411. The lowest BCUT2D eigenvalue weighted by Gasteiger charge is -2.18. The minimum Gasteiger partial charge on any atom is -0.381 e. The Kier molecular flexibility index (Phi) is 4.37. The molecule has 2 unspecified atom stereocenters. The summed E-state index contributed by atoms with van der Waals surface area (Å²) < 4.78 is 0. The summed E-state index contributed by atoms with van der Waals surface area (Å²) in [6, 6.07) is 9.60. The van der Waals surface area contributed by atoms with Gasteiger partial charge in [0.25, 0.3) is 0 Å². The Balaban J connectivity index is 1.66. The Morgan fingerprint density at radius 3 is 2.58 bits per heavy atom. The predicted octanol–water partition coefficient (Wildman–Crippen LogP) is 5.32. The Hall–Kier alpha value is -0.630. The molecule has 104 valence electrons. The van der Waals surface area contributed by atoms with Crippen LogP contribution in [0.2, 0.25) is 0 Å². The zero-order chi connectivity index (χ0) is 13.1. The maximum atomic E-state index is 3.79. The molecule has 19 heavy (non-hydrogen) atoms. The fourth-order valence-corrected chi connectivity index (χ4v) is 4.77. The van der Waals surface area contributed by atoms with Crippen molar-refractivity contribution in [3.8, 4) is 0 Å². The summed E-state index contributed by atoms with van der Waals surface area (Å²) in [5.41, 5.74) is 1.37. The summed E-state index contributed by atoms with van der Waals surface area (Å²) in [4.78, 5) is 1.47. The number of rotatable bonds is 4. The van der Waals surface area contributed by atoms with Gasteiger partial charge in [0.1, 0.15) is 0 Å². The average Bonchev–Trinajstić information content (AvgIpc) is 3.04. The van der Waals surface area contributed by atoms with Gasteiger partial charge in [-0.1, -0.05) is 31.9 Å². The van der Waals surface area contributed by atoms with E-state index >= 15 is 0 Å². The van der Waals surface area contributed by atoms with Crippen LogP contribution >= 0.6 is 11.8 Å². The van der Waals surface area contributed by atoms with Crippen LogP contribution in [0.5, 0.6) is 0 Å². The Morgan fingerprint density at radius 2 is 1.84 bits per heavy atom. The number of nitrogens with one attached hydrogen (secondary N) is 1. The first-order valence-electron chi connectivity index (χ1n) is 7.83. The van der Waals surface area contributed by atoms with E-state index in [2.05, 4.69) is 48.3 Å². The maximum Gasteiger partial charge on any atom is 0.0480 e. The molecule has 1 aromatic rings. The minimum absolute atomic E-state index is 0.695. The summed E-state index contributed by atoms with van der Waals surface area (Å²) in [5.74, 6) is 0.896. The number of para-hydroxylation sites is 1. The average molecular weight is 275 g/mol. The van der Waals surface area contributed by atoms with E-state index in [0.717, 1.165) is 11.2 Å². The molecule has 2 fully saturated rings. The van der Waals surface area contributed by atoms with Crippen LogP contribution < -0.4 is 5.32 Å². The van der Waals surface area contributed by atoms with Gasteiger partial charge in [-0.2, -0.15) is 0 Å². The summed E-state index contributed by atoms with van der Waals surface area (Å²) >= 11 is 2.10. The van der Waals surface area contributed by atoms with Gasteiger partial charge < -0.3 is 5.32 Å². The highest BCUT2D eigenvalue weighted by Crippen LogP contribution is 2.39. The lowest BCUT2D eigenvalue weighted by atomic mass is 10.1. The molecule has 2 heteroatoms. The van der Waals surface area contributed by atoms with Crippen molar-refractivity contribution in [3.05, 3.63) is 24.3 Å². The molecule has 0 heterocycles. The van der Waals surface area contributed by atoms with E-state index in [1.807, 2.05) is 0 Å². The molecular formula is C17H25NS. The van der Waals surface area contributed by atoms with Gasteiger partial charge in [0, 0.05) is 21.9 Å². The number of hydrogen-bond donors (Lipinski definition) is 1. The van der Waals surface area contributed by atoms with Gasteiger partial charge in [-0.15, -0.1) is 11.8 Å². The lowest BCUT2D eigenvalue weighted by Crippen LogP contribution is -2.15. The van der Waals surface area contributed by atoms with Crippen molar-refractivity contribution < 1.29 is 0 Å². The summed E-state index contributed by atoms with van der Waals surface area (Å²) in [6.07, 6.45) is 9.71. The molecule has 0 spiro atoms. The first kappa shape index (κ1) is 13.4. The van der Waals surface area contributed by atoms with E-state index < -0.39 is 0 Å². The molecule has 0 aliphatic heterocycles. The quantitative estimate of drug-likeness (QED) is 0.798. The normalized spacial score (nSPS) is 27.8. The first-order chi connectivity index (χ1) is 9.31. The van der Waals surface area contributed by atoms with Gasteiger partial charge in [-0.3, -0.25) is 0 Å². The zero-order valence-corrected chi connectivity index (χ0v) is 12.7. The molecule has 2 atom stereocenters. The smallest absolute Gasteiger partial charge is 0.0480 e. The van der Waals surface area contributed by atoms with Crippen molar-refractivity contribution in [1.29, 1.82) is 0 Å². The third-order valence-corrected chi connectivity index (χ3v) is 5.95. The second kappa shape index (κ2) is 6.21. The molecule has 0 amide bonds. The zero-order valence-electron chi connectivity index (χ0n) is 11.9. The highest BCUT2D eigenvalue weighted by Gasteiger charge is 2.22. The topological polar surface area (TPSA) is 12.0 Å². The first-order valence-corrected chi connectivity index (χ1v) is 8.71. The third-order valence-electron chi connectivity index (χ3n) is 4.54. The van der Waals surface area contributed by atoms with Gasteiger partial charge in [0.15, 0.2) is 0 Å². The van der Waals surface area contributed by atoms with Gasteiger partial charge >= 0.3 is 0 Å². The number of hydrogen-bond acceptors (Lipinski definition) is 2. The fraction of sp³-hybridized carbons (Fsp3) is 0.647. The highest BCUT2D eigenvalue weighted by atomic mass is 32.2. The van der Waals surface area contributed by atoms with Gasteiger partial charge in [0.2, 0.25) is 0 Å². The van der Waals surface area contributed by atoms with Crippen molar-refractivity contribution in [3.63, 3.8) is 0 Å². The summed E-state index contributed by atoms with van der Waals surface area (Å²) in [6.45, 7) is 2.38. The predicted molar refractivity (Wildman–Crippen MR) is 85.0 cm³/mol. The number of anilines is 1. The standard InChI is InChI=1S/C17H25NS/c1-13-10-11-14(12-13)18-16-8-4-5-9-17(16)19-15-6-2-3-7-15/h4-5,8-9,13-15,18H,2-3,6-7,10-12H2,1H3. The van der Waals surface area contributed by atoms with E-state index in [-0.39, 0.29) is 0 Å². The molecule has 1 aromatic carbocycles. The summed E-state index contributed by atoms with van der Waals surface area (Å²) in [5, 5.41) is 4.65. The van der Waals surface area contributed by atoms with Crippen LogP contribution in [-0.2, 0) is 0 Å². The van der Waals surface area contributed by atoms with E-state index in [1.54, 1.807) is 0 Å². The van der Waals surface area contributed by atoms with E-state index in [9.17, 15) is 0 Å². The molecule has 1 N–H and O–H groups in total. The van der Waals surface area contributed by atoms with Gasteiger partial charge in [-0.25, -0.2) is 0 Å². The van der Waals surface area contributed by atoms with Crippen molar-refractivity contribution >= 4 is 17.4 Å². The van der Waals surface area contributed by atoms with Crippen LogP contribution in [-0.4, -0.2) is 11.3 Å². The van der Waals surface area contributed by atoms with Crippen molar-refractivity contribution in [2.24, 2.45) is 5.92 Å². The van der Waals surface area contributed by atoms with Crippen LogP contribution in [0.4, 0.5) is 5.69 Å². The Labute approximate surface area is 121 Å². The molecule has 3 rings (SSSR count). The van der Waals surface area contributed by atoms with Gasteiger partial charge in [-0.05, 0) is 50.2 Å². The lowest BCUT2D eigenvalue weighted by molar-refractivity contribution is 0.602. The molecule has 2 saturated carbocycles. The van der Waals surface area contributed by atoms with Crippen LogP contribution in [0.3, 0.4) is 0 Å². The second-order valence-electron chi connectivity index (χ2n) is 6.28. The summed E-state index contributed by atoms with van der Waals surface area (Å²) in [7, 11) is 0. The van der Waals surface area contributed by atoms with Crippen molar-refractivity contribution in [2.75, 3.05) is 5.32 Å². The number of thioether (sulfide) groups is 1. The molecule has 0 aromatic heterocycles. The third kappa shape index (κ3) is 3.47. The monoisotopic (exact) mass is 275 g/mol. The second-order valence-corrected chi connectivity index (χ2v) is 7.62. The molecule has 2 aliphatic rings. The molecule has 0 radical (unpaired) electrons. The highest BCUT2D eigenvalue weighted by molar-refractivity contribution is 8.00. The van der Waals surface area contributed by atoms with Crippen molar-refractivity contribution in [2.45, 2.75) is 68.1 Å². The fourth-order valence-electron chi connectivity index (χ4n) is 3.43. The minimum atomic E-state index is 0.695. The van der Waals surface area contributed by atoms with Crippen molar-refractivity contribution in [1.82, 2.24) is 0 Å². The molecule has 2 aliphatic carbocycles.